The lowest BCUT2D eigenvalue weighted by Crippen LogP contribution is -2.02. The summed E-state index contributed by atoms with van der Waals surface area (Å²) in [6.45, 7) is 0. The van der Waals surface area contributed by atoms with E-state index in [0.29, 0.717) is 0 Å². The fourth-order valence-corrected chi connectivity index (χ4v) is 2.91. The van der Waals surface area contributed by atoms with Gasteiger partial charge in [0, 0.05) is 0 Å². The molecule has 0 atom stereocenters. The Hall–Kier alpha value is -0.780. The smallest absolute Gasteiger partial charge is 0.0273 e. The van der Waals surface area contributed by atoms with Gasteiger partial charge in [-0.1, -0.05) is 24.3 Å². The van der Waals surface area contributed by atoms with Crippen LogP contribution < -0.4 is 0 Å². The molecule has 0 heteroatoms. The molecule has 0 radical (unpaired) electrons. The van der Waals surface area contributed by atoms with E-state index in [0.717, 1.165) is 11.8 Å². The van der Waals surface area contributed by atoms with Crippen LogP contribution in [0.3, 0.4) is 0 Å². The fourth-order valence-electron chi connectivity index (χ4n) is 2.91. The minimum atomic E-state index is 1.04. The highest BCUT2D eigenvalue weighted by atomic mass is 14.4. The van der Waals surface area contributed by atoms with Crippen LogP contribution >= 0.6 is 0 Å². The van der Waals surface area contributed by atoms with Crippen LogP contribution in [0.1, 0.15) is 36.8 Å². The largest absolute Gasteiger partial charge is 0.0620 e. The summed E-state index contributed by atoms with van der Waals surface area (Å²) in [6.07, 6.45) is 8.58. The van der Waals surface area contributed by atoms with Crippen molar-refractivity contribution in [2.75, 3.05) is 0 Å². The Bertz CT molecular complexity index is 296. The van der Waals surface area contributed by atoms with E-state index in [2.05, 4.69) is 24.3 Å². The number of hydrogen-bond donors (Lipinski definition) is 0. The van der Waals surface area contributed by atoms with Crippen LogP contribution in [0.5, 0.6) is 0 Å². The van der Waals surface area contributed by atoms with E-state index < -0.39 is 0 Å². The molecule has 0 N–H and O–H groups in total. The Balaban J connectivity index is 1.79. The lowest BCUT2D eigenvalue weighted by atomic mass is 9.94. The highest BCUT2D eigenvalue weighted by molar-refractivity contribution is 5.28. The van der Waals surface area contributed by atoms with Crippen molar-refractivity contribution >= 4 is 0 Å². The topological polar surface area (TPSA) is 0 Å². The molecule has 1 fully saturated rings. The summed E-state index contributed by atoms with van der Waals surface area (Å²) in [4.78, 5) is 0. The molecule has 2 aliphatic rings. The summed E-state index contributed by atoms with van der Waals surface area (Å²) in [5.41, 5.74) is 3.24. The van der Waals surface area contributed by atoms with Crippen molar-refractivity contribution < 1.29 is 0 Å². The first-order valence-electron chi connectivity index (χ1n) is 6.00. The first-order chi connectivity index (χ1) is 6.93. The molecule has 0 heterocycles. The van der Waals surface area contributed by atoms with Crippen LogP contribution in [0.15, 0.2) is 24.3 Å². The minimum Gasteiger partial charge on any atom is -0.0620 e. The van der Waals surface area contributed by atoms with Gasteiger partial charge in [-0.15, -0.1) is 0 Å². The maximum atomic E-state index is 2.32. The zero-order valence-corrected chi connectivity index (χ0v) is 8.71. The van der Waals surface area contributed by atoms with E-state index >= 15 is 0 Å². The Kier molecular flexibility index (Phi) is 2.08. The van der Waals surface area contributed by atoms with Gasteiger partial charge < -0.3 is 0 Å². The average Bonchev–Trinajstić information content (AvgIpc) is 3.03. The van der Waals surface area contributed by atoms with E-state index in [9.17, 15) is 0 Å². The van der Waals surface area contributed by atoms with E-state index in [1.807, 2.05) is 0 Å². The van der Waals surface area contributed by atoms with E-state index in [1.165, 1.54) is 38.5 Å². The molecule has 2 aliphatic carbocycles. The first-order valence-corrected chi connectivity index (χ1v) is 6.00. The summed E-state index contributed by atoms with van der Waals surface area (Å²) < 4.78 is 0. The molecule has 74 valence electrons. The third-order valence-electron chi connectivity index (χ3n) is 3.98. The van der Waals surface area contributed by atoms with Crippen molar-refractivity contribution in [3.63, 3.8) is 0 Å². The Morgan fingerprint density at radius 3 is 1.71 bits per heavy atom. The van der Waals surface area contributed by atoms with Gasteiger partial charge in [-0.2, -0.15) is 0 Å². The predicted octanol–water partition coefficient (Wildman–Crippen LogP) is 3.59. The number of hydrogen-bond acceptors (Lipinski definition) is 0. The van der Waals surface area contributed by atoms with Crippen molar-refractivity contribution in [2.45, 2.75) is 38.5 Å². The molecular weight excluding hydrogens is 168 g/mol. The van der Waals surface area contributed by atoms with Crippen LogP contribution in [-0.4, -0.2) is 0 Å². The number of rotatable bonds is 1. The van der Waals surface area contributed by atoms with Crippen LogP contribution in [0.25, 0.3) is 0 Å². The summed E-state index contributed by atoms with van der Waals surface area (Å²) in [5.74, 6) is 2.15. The number of benzene rings is 1. The van der Waals surface area contributed by atoms with Gasteiger partial charge in [-0.25, -0.2) is 0 Å². The van der Waals surface area contributed by atoms with Gasteiger partial charge in [0.15, 0.2) is 0 Å². The van der Waals surface area contributed by atoms with Gasteiger partial charge in [0.25, 0.3) is 0 Å². The van der Waals surface area contributed by atoms with Gasteiger partial charge in [0.1, 0.15) is 0 Å². The zero-order valence-electron chi connectivity index (χ0n) is 8.71. The molecule has 1 aromatic carbocycles. The average molecular weight is 186 g/mol. The van der Waals surface area contributed by atoms with E-state index in [4.69, 9.17) is 0 Å². The third kappa shape index (κ3) is 1.58. The van der Waals surface area contributed by atoms with Crippen molar-refractivity contribution in [1.29, 1.82) is 0 Å². The molecule has 0 bridgehead atoms. The lowest BCUT2D eigenvalue weighted by Gasteiger charge is -2.11. The highest BCUT2D eigenvalue weighted by Crippen LogP contribution is 2.42. The Morgan fingerprint density at radius 1 is 0.714 bits per heavy atom. The summed E-state index contributed by atoms with van der Waals surface area (Å²) in [6, 6.07) is 9.03. The van der Waals surface area contributed by atoms with Crippen LogP contribution in [0.2, 0.25) is 0 Å². The van der Waals surface area contributed by atoms with E-state index in [-0.39, 0.29) is 0 Å². The van der Waals surface area contributed by atoms with Crippen LogP contribution in [-0.2, 0) is 12.8 Å². The fraction of sp³-hybridized carbons (Fsp3) is 0.571. The lowest BCUT2D eigenvalue weighted by molar-refractivity contribution is 0.410. The molecule has 1 aromatic rings. The molecule has 14 heavy (non-hydrogen) atoms. The van der Waals surface area contributed by atoms with Gasteiger partial charge in [0.05, 0.1) is 0 Å². The van der Waals surface area contributed by atoms with Crippen molar-refractivity contribution in [3.8, 4) is 0 Å². The molecular formula is C14H18. The van der Waals surface area contributed by atoms with Crippen LogP contribution in [0, 0.1) is 11.8 Å². The number of fused-ring (bicyclic) bond motifs is 1. The normalized spacial score (nSPS) is 22.9. The van der Waals surface area contributed by atoms with Gasteiger partial charge in [-0.3, -0.25) is 0 Å². The van der Waals surface area contributed by atoms with Crippen molar-refractivity contribution in [2.24, 2.45) is 11.8 Å². The Morgan fingerprint density at radius 2 is 1.21 bits per heavy atom. The maximum absolute atomic E-state index is 2.32. The molecule has 0 nitrogen and oxygen atoms in total. The van der Waals surface area contributed by atoms with Gasteiger partial charge in [-0.05, 0) is 61.5 Å². The highest BCUT2D eigenvalue weighted by Gasteiger charge is 2.31. The second kappa shape index (κ2) is 3.42. The summed E-state index contributed by atoms with van der Waals surface area (Å²) >= 11 is 0. The predicted molar refractivity (Wildman–Crippen MR) is 59.3 cm³/mol. The summed E-state index contributed by atoms with van der Waals surface area (Å²) in [7, 11) is 0. The summed E-state index contributed by atoms with van der Waals surface area (Å²) in [5, 5.41) is 0. The van der Waals surface area contributed by atoms with E-state index in [1.54, 1.807) is 11.1 Å². The zero-order chi connectivity index (χ0) is 9.38. The van der Waals surface area contributed by atoms with Gasteiger partial charge >= 0.3 is 0 Å². The molecule has 0 aromatic heterocycles. The SMILES string of the molecule is c1ccc2c(c1)CCC(C1CC1)CC2. The number of aryl methyl sites for hydroxylation is 2. The molecule has 3 rings (SSSR count). The first kappa shape index (κ1) is 8.52. The standard InChI is InChI=1S/C14H18/c1-2-4-12-6-8-13(14-9-10-14)7-5-11(12)3-1/h1-4,13-14H,5-10H2. The molecule has 0 amide bonds. The second-order valence-electron chi connectivity index (χ2n) is 4.94. The second-order valence-corrected chi connectivity index (χ2v) is 4.94. The van der Waals surface area contributed by atoms with Crippen LogP contribution in [0.4, 0.5) is 0 Å². The molecule has 1 saturated carbocycles. The van der Waals surface area contributed by atoms with Crippen molar-refractivity contribution in [1.82, 2.24) is 0 Å². The minimum absolute atomic E-state index is 1.04. The Labute approximate surface area is 86.3 Å². The maximum Gasteiger partial charge on any atom is -0.0273 e. The monoisotopic (exact) mass is 186 g/mol. The molecule has 0 unspecified atom stereocenters. The third-order valence-corrected chi connectivity index (χ3v) is 3.98. The molecule has 0 saturated heterocycles. The quantitative estimate of drug-likeness (QED) is 0.588. The van der Waals surface area contributed by atoms with Crippen molar-refractivity contribution in [3.05, 3.63) is 35.4 Å². The molecule has 0 spiro atoms. The molecule has 0 aliphatic heterocycles. The van der Waals surface area contributed by atoms with Gasteiger partial charge in [0.2, 0.25) is 0 Å².